The second-order valence-electron chi connectivity index (χ2n) is 3.88. The van der Waals surface area contributed by atoms with E-state index in [2.05, 4.69) is 14.9 Å². The summed E-state index contributed by atoms with van der Waals surface area (Å²) in [5.74, 6) is 0.937. The van der Waals surface area contributed by atoms with Gasteiger partial charge in [0.2, 0.25) is 0 Å². The van der Waals surface area contributed by atoms with Crippen molar-refractivity contribution in [1.82, 2.24) is 14.9 Å². The molecule has 0 saturated heterocycles. The average molecular weight is 250 g/mol. The van der Waals surface area contributed by atoms with E-state index in [9.17, 15) is 0 Å². The SMILES string of the molecule is CNCCCn1ccnc1-c1ccccc1Cl. The molecule has 1 N–H and O–H groups in total. The number of nitrogens with one attached hydrogen (secondary N) is 1. The van der Waals surface area contributed by atoms with Crippen LogP contribution >= 0.6 is 11.6 Å². The van der Waals surface area contributed by atoms with E-state index in [1.54, 1.807) is 0 Å². The van der Waals surface area contributed by atoms with Crippen LogP contribution in [-0.4, -0.2) is 23.1 Å². The monoisotopic (exact) mass is 249 g/mol. The van der Waals surface area contributed by atoms with Crippen molar-refractivity contribution in [1.29, 1.82) is 0 Å². The summed E-state index contributed by atoms with van der Waals surface area (Å²) in [6.45, 7) is 1.95. The quantitative estimate of drug-likeness (QED) is 0.826. The summed E-state index contributed by atoms with van der Waals surface area (Å²) >= 11 is 6.18. The summed E-state index contributed by atoms with van der Waals surface area (Å²) in [6.07, 6.45) is 4.89. The van der Waals surface area contributed by atoms with Crippen LogP contribution in [0.15, 0.2) is 36.7 Å². The smallest absolute Gasteiger partial charge is 0.141 e. The molecule has 4 heteroatoms. The maximum absolute atomic E-state index is 6.18. The Balaban J connectivity index is 2.22. The summed E-state index contributed by atoms with van der Waals surface area (Å²) in [5, 5.41) is 3.88. The number of aryl methyl sites for hydroxylation is 1. The molecule has 0 unspecified atom stereocenters. The van der Waals surface area contributed by atoms with Crippen LogP contribution in [0.1, 0.15) is 6.42 Å². The Hall–Kier alpha value is -1.32. The van der Waals surface area contributed by atoms with E-state index < -0.39 is 0 Å². The topological polar surface area (TPSA) is 29.9 Å². The predicted octanol–water partition coefficient (Wildman–Crippen LogP) is 2.81. The van der Waals surface area contributed by atoms with E-state index in [0.29, 0.717) is 0 Å². The van der Waals surface area contributed by atoms with Crippen LogP contribution in [-0.2, 0) is 6.54 Å². The minimum absolute atomic E-state index is 0.744. The van der Waals surface area contributed by atoms with Crippen LogP contribution in [0.4, 0.5) is 0 Å². The fourth-order valence-electron chi connectivity index (χ4n) is 1.80. The van der Waals surface area contributed by atoms with Gasteiger partial charge in [0, 0.05) is 24.5 Å². The molecule has 0 amide bonds. The molecule has 2 rings (SSSR count). The molecule has 3 nitrogen and oxygen atoms in total. The zero-order chi connectivity index (χ0) is 12.1. The van der Waals surface area contributed by atoms with Gasteiger partial charge in [-0.1, -0.05) is 23.7 Å². The van der Waals surface area contributed by atoms with E-state index >= 15 is 0 Å². The van der Waals surface area contributed by atoms with Gasteiger partial charge in [-0.3, -0.25) is 0 Å². The lowest BCUT2D eigenvalue weighted by Gasteiger charge is -2.08. The van der Waals surface area contributed by atoms with Gasteiger partial charge in [-0.15, -0.1) is 0 Å². The third kappa shape index (κ3) is 2.87. The minimum Gasteiger partial charge on any atom is -0.331 e. The predicted molar refractivity (Wildman–Crippen MR) is 71.2 cm³/mol. The summed E-state index contributed by atoms with van der Waals surface area (Å²) in [6, 6.07) is 7.80. The fraction of sp³-hybridized carbons (Fsp3) is 0.308. The fourth-order valence-corrected chi connectivity index (χ4v) is 2.02. The van der Waals surface area contributed by atoms with Gasteiger partial charge >= 0.3 is 0 Å². The number of aromatic nitrogens is 2. The Labute approximate surface area is 106 Å². The van der Waals surface area contributed by atoms with Gasteiger partial charge in [-0.05, 0) is 32.1 Å². The van der Waals surface area contributed by atoms with Gasteiger partial charge in [-0.2, -0.15) is 0 Å². The average Bonchev–Trinajstić information content (AvgIpc) is 2.78. The molecular formula is C13H16ClN3. The van der Waals surface area contributed by atoms with E-state index in [-0.39, 0.29) is 0 Å². The van der Waals surface area contributed by atoms with Crippen LogP contribution in [0.2, 0.25) is 5.02 Å². The first kappa shape index (κ1) is 12.1. The standard InChI is InChI=1S/C13H16ClN3/c1-15-7-4-9-17-10-8-16-13(17)11-5-2-3-6-12(11)14/h2-3,5-6,8,10,15H,4,7,9H2,1H3. The molecule has 2 aromatic rings. The number of imidazole rings is 1. The largest absolute Gasteiger partial charge is 0.331 e. The zero-order valence-corrected chi connectivity index (χ0v) is 10.6. The number of rotatable bonds is 5. The summed E-state index contributed by atoms with van der Waals surface area (Å²) in [4.78, 5) is 4.38. The van der Waals surface area contributed by atoms with E-state index in [4.69, 9.17) is 11.6 Å². The third-order valence-corrected chi connectivity index (χ3v) is 2.99. The van der Waals surface area contributed by atoms with Gasteiger partial charge in [0.25, 0.3) is 0 Å². The van der Waals surface area contributed by atoms with E-state index in [1.165, 1.54) is 0 Å². The molecule has 0 aliphatic carbocycles. The maximum Gasteiger partial charge on any atom is 0.141 e. The number of halogens is 1. The first-order valence-electron chi connectivity index (χ1n) is 5.73. The van der Waals surface area contributed by atoms with Gasteiger partial charge < -0.3 is 9.88 Å². The van der Waals surface area contributed by atoms with Crippen molar-refractivity contribution >= 4 is 11.6 Å². The Morgan fingerprint density at radius 2 is 2.18 bits per heavy atom. The van der Waals surface area contributed by atoms with Crippen LogP contribution in [0, 0.1) is 0 Å². The second kappa shape index (κ2) is 5.84. The number of hydrogen-bond acceptors (Lipinski definition) is 2. The van der Waals surface area contributed by atoms with Crippen LogP contribution < -0.4 is 5.32 Å². The summed E-state index contributed by atoms with van der Waals surface area (Å²) in [5.41, 5.74) is 0.989. The molecule has 90 valence electrons. The molecule has 0 saturated carbocycles. The molecule has 0 bridgehead atoms. The molecule has 0 spiro atoms. The van der Waals surface area contributed by atoms with Crippen molar-refractivity contribution in [3.05, 3.63) is 41.7 Å². The number of hydrogen-bond donors (Lipinski definition) is 1. The Kier molecular flexibility index (Phi) is 4.18. The van der Waals surface area contributed by atoms with Crippen molar-refractivity contribution in [3.8, 4) is 11.4 Å². The molecule has 1 aromatic carbocycles. The highest BCUT2D eigenvalue weighted by Crippen LogP contribution is 2.26. The van der Waals surface area contributed by atoms with Gasteiger partial charge in [0.1, 0.15) is 5.82 Å². The van der Waals surface area contributed by atoms with Gasteiger partial charge in [0.05, 0.1) is 5.02 Å². The van der Waals surface area contributed by atoms with E-state index in [0.717, 1.165) is 35.9 Å². The zero-order valence-electron chi connectivity index (χ0n) is 9.86. The van der Waals surface area contributed by atoms with Crippen LogP contribution in [0.3, 0.4) is 0 Å². The molecular weight excluding hydrogens is 234 g/mol. The number of benzene rings is 1. The highest BCUT2D eigenvalue weighted by Gasteiger charge is 2.08. The van der Waals surface area contributed by atoms with Crippen molar-refractivity contribution in [3.63, 3.8) is 0 Å². The minimum atomic E-state index is 0.744. The highest BCUT2D eigenvalue weighted by atomic mass is 35.5. The van der Waals surface area contributed by atoms with Gasteiger partial charge in [0.15, 0.2) is 0 Å². The maximum atomic E-state index is 6.18. The highest BCUT2D eigenvalue weighted by molar-refractivity contribution is 6.33. The first-order chi connectivity index (χ1) is 8.33. The van der Waals surface area contributed by atoms with Crippen molar-refractivity contribution < 1.29 is 0 Å². The Morgan fingerprint density at radius 1 is 1.35 bits per heavy atom. The molecule has 1 aromatic heterocycles. The Morgan fingerprint density at radius 3 is 2.94 bits per heavy atom. The molecule has 0 radical (unpaired) electrons. The number of nitrogens with zero attached hydrogens (tertiary/aromatic N) is 2. The lowest BCUT2D eigenvalue weighted by molar-refractivity contribution is 0.617. The lowest BCUT2D eigenvalue weighted by atomic mass is 10.2. The van der Waals surface area contributed by atoms with Crippen LogP contribution in [0.25, 0.3) is 11.4 Å². The molecule has 0 fully saturated rings. The van der Waals surface area contributed by atoms with Crippen molar-refractivity contribution in [2.75, 3.05) is 13.6 Å². The lowest BCUT2D eigenvalue weighted by Crippen LogP contribution is -2.11. The Bertz CT molecular complexity index is 479. The first-order valence-corrected chi connectivity index (χ1v) is 6.11. The molecule has 0 aliphatic rings. The molecule has 17 heavy (non-hydrogen) atoms. The van der Waals surface area contributed by atoms with Crippen molar-refractivity contribution in [2.24, 2.45) is 0 Å². The molecule has 0 atom stereocenters. The third-order valence-electron chi connectivity index (χ3n) is 2.66. The van der Waals surface area contributed by atoms with Gasteiger partial charge in [-0.25, -0.2) is 4.98 Å². The molecule has 1 heterocycles. The van der Waals surface area contributed by atoms with Crippen LogP contribution in [0.5, 0.6) is 0 Å². The summed E-state index contributed by atoms with van der Waals surface area (Å²) < 4.78 is 2.14. The normalized spacial score (nSPS) is 10.7. The van der Waals surface area contributed by atoms with Crippen molar-refractivity contribution in [2.45, 2.75) is 13.0 Å². The second-order valence-corrected chi connectivity index (χ2v) is 4.29. The van der Waals surface area contributed by atoms with E-state index in [1.807, 2.05) is 43.7 Å². The summed E-state index contributed by atoms with van der Waals surface area (Å²) in [7, 11) is 1.96. The molecule has 0 aliphatic heterocycles.